The van der Waals surface area contributed by atoms with Gasteiger partial charge in [0, 0.05) is 41.8 Å². The summed E-state index contributed by atoms with van der Waals surface area (Å²) in [4.78, 5) is 22.5. The average Bonchev–Trinajstić information content (AvgIpc) is 2.78. The quantitative estimate of drug-likeness (QED) is 0.794. The highest BCUT2D eigenvalue weighted by Gasteiger charge is 2.39. The van der Waals surface area contributed by atoms with Gasteiger partial charge in [0.15, 0.2) is 0 Å². The smallest absolute Gasteiger partial charge is 0.226 e. The topological polar surface area (TPSA) is 72.3 Å². The summed E-state index contributed by atoms with van der Waals surface area (Å²) in [6, 6.07) is 10.2. The first-order valence-electron chi connectivity index (χ1n) is 11.8. The van der Waals surface area contributed by atoms with Crippen molar-refractivity contribution in [2.75, 3.05) is 38.1 Å². The van der Waals surface area contributed by atoms with Crippen LogP contribution in [0.15, 0.2) is 30.5 Å². The molecule has 1 aromatic carbocycles. The Morgan fingerprint density at radius 3 is 2.69 bits per heavy atom. The van der Waals surface area contributed by atoms with Crippen molar-refractivity contribution in [1.82, 2.24) is 15.2 Å². The third-order valence-electron chi connectivity index (χ3n) is 7.53. The van der Waals surface area contributed by atoms with Gasteiger partial charge in [-0.2, -0.15) is 5.26 Å². The summed E-state index contributed by atoms with van der Waals surface area (Å²) in [7, 11) is 2.16. The van der Waals surface area contributed by atoms with E-state index < -0.39 is 0 Å². The Hall–Kier alpha value is -2.65. The molecule has 0 bridgehead atoms. The van der Waals surface area contributed by atoms with Crippen molar-refractivity contribution in [3.05, 3.63) is 36.0 Å². The summed E-state index contributed by atoms with van der Waals surface area (Å²) in [5, 5.41) is 13.9. The van der Waals surface area contributed by atoms with E-state index in [0.717, 1.165) is 62.0 Å². The molecule has 1 amide bonds. The predicted molar refractivity (Wildman–Crippen MR) is 128 cm³/mol. The molecule has 0 unspecified atom stereocenters. The number of carbonyl (C=O) groups is 1. The molecule has 3 heterocycles. The molecule has 0 saturated carbocycles. The maximum atomic E-state index is 13.4. The Labute approximate surface area is 191 Å². The fraction of sp³-hybridized carbons (Fsp3) is 0.577. The molecule has 2 fully saturated rings. The van der Waals surface area contributed by atoms with Crippen molar-refractivity contribution in [1.29, 1.82) is 5.26 Å². The maximum absolute atomic E-state index is 13.4. The van der Waals surface area contributed by atoms with Crippen LogP contribution in [0.4, 0.5) is 5.69 Å². The number of carbonyl (C=O) groups excluding carboxylic acids is 1. The van der Waals surface area contributed by atoms with Gasteiger partial charge in [-0.05, 0) is 75.5 Å². The second kappa shape index (κ2) is 9.07. The van der Waals surface area contributed by atoms with E-state index in [9.17, 15) is 10.1 Å². The van der Waals surface area contributed by atoms with Gasteiger partial charge < -0.3 is 15.1 Å². The zero-order valence-corrected chi connectivity index (χ0v) is 19.8. The highest BCUT2D eigenvalue weighted by Crippen LogP contribution is 2.36. The summed E-state index contributed by atoms with van der Waals surface area (Å²) >= 11 is 0. The predicted octanol–water partition coefficient (Wildman–Crippen LogP) is 3.81. The van der Waals surface area contributed by atoms with Gasteiger partial charge in [0.25, 0.3) is 0 Å². The number of likely N-dealkylation sites (tertiary alicyclic amines) is 1. The number of hydrogen-bond donors (Lipinski definition) is 1. The molecule has 6 heteroatoms. The second-order valence-electron chi connectivity index (χ2n) is 10.4. The lowest BCUT2D eigenvalue weighted by atomic mass is 9.73. The van der Waals surface area contributed by atoms with Crippen LogP contribution in [-0.4, -0.2) is 55.1 Å². The van der Waals surface area contributed by atoms with Crippen molar-refractivity contribution in [3.8, 4) is 6.07 Å². The van der Waals surface area contributed by atoms with Gasteiger partial charge in [-0.1, -0.05) is 20.8 Å². The molecule has 2 aromatic rings. The minimum atomic E-state index is -0.363. The first kappa shape index (κ1) is 22.5. The van der Waals surface area contributed by atoms with Crippen molar-refractivity contribution < 1.29 is 4.79 Å². The molecule has 6 nitrogen and oxygen atoms in total. The Morgan fingerprint density at radius 2 is 1.97 bits per heavy atom. The molecule has 2 aliphatic rings. The van der Waals surface area contributed by atoms with Crippen LogP contribution < -0.4 is 10.2 Å². The van der Waals surface area contributed by atoms with Crippen LogP contribution in [0.2, 0.25) is 0 Å². The van der Waals surface area contributed by atoms with E-state index in [4.69, 9.17) is 0 Å². The number of anilines is 1. The normalized spacial score (nSPS) is 23.2. The summed E-state index contributed by atoms with van der Waals surface area (Å²) < 4.78 is 0. The molecule has 4 rings (SSSR count). The van der Waals surface area contributed by atoms with Crippen LogP contribution in [-0.2, 0) is 4.79 Å². The molecule has 170 valence electrons. The monoisotopic (exact) mass is 433 g/mol. The summed E-state index contributed by atoms with van der Waals surface area (Å²) in [5.74, 6) is 1.06. The van der Waals surface area contributed by atoms with Gasteiger partial charge in [-0.3, -0.25) is 9.78 Å². The van der Waals surface area contributed by atoms with Crippen LogP contribution >= 0.6 is 0 Å². The van der Waals surface area contributed by atoms with Crippen molar-refractivity contribution >= 4 is 22.5 Å². The lowest BCUT2D eigenvalue weighted by molar-refractivity contribution is -0.134. The number of piperidine rings is 2. The second-order valence-corrected chi connectivity index (χ2v) is 10.4. The molecule has 2 aliphatic heterocycles. The molecule has 0 aliphatic carbocycles. The number of nitriles is 1. The van der Waals surface area contributed by atoms with Gasteiger partial charge in [0.1, 0.15) is 6.07 Å². The Bertz CT molecular complexity index is 1020. The van der Waals surface area contributed by atoms with Gasteiger partial charge in [-0.15, -0.1) is 0 Å². The van der Waals surface area contributed by atoms with Crippen LogP contribution in [0.3, 0.4) is 0 Å². The first-order valence-corrected chi connectivity index (χ1v) is 11.8. The van der Waals surface area contributed by atoms with E-state index in [1.165, 1.54) is 0 Å². The van der Waals surface area contributed by atoms with E-state index >= 15 is 0 Å². The minimum Gasteiger partial charge on any atom is -0.369 e. The Balaban J connectivity index is 1.51. The standard InChI is InChI=1S/C26H35N5O/c1-18-14-21(29-25(32)26(2,3)20-9-12-30(4)13-10-20)17-31(16-18)23-8-7-19(15-27)24-22(23)6-5-11-28-24/h5-8,11,18,20-21H,9-10,12-14,16-17H2,1-4H3,(H,29,32)/t18-,21+/m0/s1. The number of benzene rings is 1. The van der Waals surface area contributed by atoms with Crippen LogP contribution in [0.5, 0.6) is 0 Å². The molecule has 0 radical (unpaired) electrons. The molecule has 2 atom stereocenters. The largest absolute Gasteiger partial charge is 0.369 e. The highest BCUT2D eigenvalue weighted by atomic mass is 16.2. The van der Waals surface area contributed by atoms with Crippen LogP contribution in [0.25, 0.3) is 10.9 Å². The summed E-state index contributed by atoms with van der Waals surface area (Å²) in [6.45, 7) is 10.3. The molecular formula is C26H35N5O. The van der Waals surface area contributed by atoms with E-state index in [1.807, 2.05) is 24.3 Å². The Kier molecular flexibility index (Phi) is 6.39. The molecule has 0 spiro atoms. The fourth-order valence-corrected chi connectivity index (χ4v) is 5.46. The average molecular weight is 434 g/mol. The number of nitrogens with one attached hydrogen (secondary N) is 1. The van der Waals surface area contributed by atoms with Crippen LogP contribution in [0, 0.1) is 28.6 Å². The van der Waals surface area contributed by atoms with Gasteiger partial charge in [0.05, 0.1) is 11.1 Å². The lowest BCUT2D eigenvalue weighted by Gasteiger charge is -2.42. The van der Waals surface area contributed by atoms with E-state index in [1.54, 1.807) is 6.20 Å². The van der Waals surface area contributed by atoms with E-state index in [-0.39, 0.29) is 17.4 Å². The van der Waals surface area contributed by atoms with Crippen LogP contribution in [0.1, 0.15) is 45.6 Å². The number of aromatic nitrogens is 1. The van der Waals surface area contributed by atoms with Gasteiger partial charge >= 0.3 is 0 Å². The summed E-state index contributed by atoms with van der Waals surface area (Å²) in [6.07, 6.45) is 4.88. The molecule has 32 heavy (non-hydrogen) atoms. The first-order chi connectivity index (χ1) is 15.3. The number of fused-ring (bicyclic) bond motifs is 1. The van der Waals surface area contributed by atoms with Gasteiger partial charge in [-0.25, -0.2) is 0 Å². The Morgan fingerprint density at radius 1 is 1.22 bits per heavy atom. The van der Waals surface area contributed by atoms with Crippen molar-refractivity contribution in [2.24, 2.45) is 17.3 Å². The third kappa shape index (κ3) is 4.45. The number of nitrogens with zero attached hydrogens (tertiary/aromatic N) is 4. The molecule has 1 aromatic heterocycles. The number of amides is 1. The van der Waals surface area contributed by atoms with Crippen molar-refractivity contribution in [3.63, 3.8) is 0 Å². The minimum absolute atomic E-state index is 0.110. The maximum Gasteiger partial charge on any atom is 0.226 e. The highest BCUT2D eigenvalue weighted by molar-refractivity contribution is 5.95. The van der Waals surface area contributed by atoms with Crippen molar-refractivity contribution in [2.45, 2.75) is 46.1 Å². The number of hydrogen-bond acceptors (Lipinski definition) is 5. The summed E-state index contributed by atoms with van der Waals surface area (Å²) in [5.41, 5.74) is 2.07. The van der Waals surface area contributed by atoms with E-state index in [0.29, 0.717) is 17.4 Å². The fourth-order valence-electron chi connectivity index (χ4n) is 5.46. The number of rotatable bonds is 4. The third-order valence-corrected chi connectivity index (χ3v) is 7.53. The molecular weight excluding hydrogens is 398 g/mol. The van der Waals surface area contributed by atoms with Gasteiger partial charge in [0.2, 0.25) is 5.91 Å². The van der Waals surface area contributed by atoms with E-state index in [2.05, 4.69) is 54.0 Å². The molecule has 1 N–H and O–H groups in total. The SMILES string of the molecule is C[C@H]1C[C@@H](NC(=O)C(C)(C)C2CCN(C)CC2)CN(c2ccc(C#N)c3ncccc23)C1. The molecule has 2 saturated heterocycles. The lowest BCUT2D eigenvalue weighted by Crippen LogP contribution is -2.54. The zero-order chi connectivity index (χ0) is 22.9. The zero-order valence-electron chi connectivity index (χ0n) is 19.8. The number of pyridine rings is 1.